The number of nitro benzene ring substituents is 2. The summed E-state index contributed by atoms with van der Waals surface area (Å²) >= 11 is 12.3. The second kappa shape index (κ2) is 13.8. The van der Waals surface area contributed by atoms with E-state index in [0.29, 0.717) is 11.1 Å². The Hall–Kier alpha value is -4.96. The Morgan fingerprint density at radius 2 is 1.55 bits per heavy atom. The van der Waals surface area contributed by atoms with Crippen molar-refractivity contribution < 1.29 is 27.9 Å². The fraction of sp³-hybridized carbons (Fsp3) is 0.0645. The molecule has 16 heteroatoms. The van der Waals surface area contributed by atoms with Crippen molar-refractivity contribution in [1.29, 1.82) is 0 Å². The van der Waals surface area contributed by atoms with Crippen LogP contribution in [0.2, 0.25) is 5.02 Å². The van der Waals surface area contributed by atoms with E-state index in [2.05, 4.69) is 0 Å². The summed E-state index contributed by atoms with van der Waals surface area (Å²) in [4.78, 5) is 48.9. The predicted octanol–water partition coefficient (Wildman–Crippen LogP) is 6.14. The van der Waals surface area contributed by atoms with E-state index in [1.807, 2.05) is 4.72 Å². The fourth-order valence-corrected chi connectivity index (χ4v) is 7.22. The molecule has 0 aliphatic carbocycles. The van der Waals surface area contributed by atoms with Crippen LogP contribution in [-0.2, 0) is 26.0 Å². The molecule has 4 aromatic rings. The fourth-order valence-electron chi connectivity index (χ4n) is 4.64. The first-order valence-corrected chi connectivity index (χ1v) is 16.6. The Kier molecular flexibility index (Phi) is 9.81. The zero-order valence-corrected chi connectivity index (χ0v) is 27.0. The molecule has 0 saturated carbocycles. The van der Waals surface area contributed by atoms with Gasteiger partial charge in [0.05, 0.1) is 19.6 Å². The van der Waals surface area contributed by atoms with Crippen molar-refractivity contribution in [2.75, 3.05) is 0 Å². The van der Waals surface area contributed by atoms with E-state index in [9.17, 15) is 38.2 Å². The first-order chi connectivity index (χ1) is 22.3. The Morgan fingerprint density at radius 3 is 2.15 bits per heavy atom. The van der Waals surface area contributed by atoms with Gasteiger partial charge >= 0.3 is 0 Å². The molecule has 1 aliphatic heterocycles. The molecule has 0 radical (unpaired) electrons. The third-order valence-corrected chi connectivity index (χ3v) is 9.98. The van der Waals surface area contributed by atoms with Crippen LogP contribution in [-0.4, -0.2) is 45.3 Å². The number of thiocarbonyl (C=S) groups is 1. The average Bonchev–Trinajstić information content (AvgIpc) is 3.31. The lowest BCUT2D eigenvalue weighted by Crippen LogP contribution is -2.51. The summed E-state index contributed by atoms with van der Waals surface area (Å²) in [5.41, 5.74) is 2.10. The van der Waals surface area contributed by atoms with Crippen LogP contribution in [0, 0.1) is 20.2 Å². The zero-order valence-electron chi connectivity index (χ0n) is 23.8. The number of nitro groups is 2. The van der Waals surface area contributed by atoms with Gasteiger partial charge in [0.15, 0.2) is 0 Å². The summed E-state index contributed by atoms with van der Waals surface area (Å²) in [6.07, 6.45) is 1.49. The molecule has 0 aromatic heterocycles. The van der Waals surface area contributed by atoms with E-state index >= 15 is 0 Å². The summed E-state index contributed by atoms with van der Waals surface area (Å²) in [5, 5.41) is 22.0. The number of non-ortho nitro benzene ring substituents is 1. The highest BCUT2D eigenvalue weighted by Crippen LogP contribution is 2.35. The van der Waals surface area contributed by atoms with Crippen molar-refractivity contribution in [2.24, 2.45) is 0 Å². The molecule has 1 aliphatic rings. The van der Waals surface area contributed by atoms with E-state index < -0.39 is 48.3 Å². The Labute approximate surface area is 282 Å². The number of thioether (sulfide) groups is 1. The number of carbonyl (C=O) groups excluding carboxylic acids is 2. The highest BCUT2D eigenvalue weighted by Gasteiger charge is 2.41. The average molecular weight is 709 g/mol. The van der Waals surface area contributed by atoms with Crippen LogP contribution in [0.5, 0.6) is 0 Å². The van der Waals surface area contributed by atoms with Gasteiger partial charge in [0, 0.05) is 24.6 Å². The largest absolute Gasteiger partial charge is 0.289 e. The maximum Gasteiger partial charge on any atom is 0.289 e. The second-order valence-electron chi connectivity index (χ2n) is 10.0. The van der Waals surface area contributed by atoms with Crippen LogP contribution in [0.3, 0.4) is 0 Å². The molecule has 1 fully saturated rings. The molecular formula is C31H21ClN4O8S3. The van der Waals surface area contributed by atoms with Crippen LogP contribution in [0.4, 0.5) is 11.4 Å². The first-order valence-electron chi connectivity index (χ1n) is 13.5. The van der Waals surface area contributed by atoms with Gasteiger partial charge in [-0.3, -0.25) is 34.7 Å². The molecule has 1 saturated heterocycles. The minimum atomic E-state index is -4.63. The van der Waals surface area contributed by atoms with E-state index in [0.717, 1.165) is 46.0 Å². The van der Waals surface area contributed by atoms with Gasteiger partial charge in [-0.2, -0.15) is 0 Å². The van der Waals surface area contributed by atoms with Gasteiger partial charge in [0.2, 0.25) is 0 Å². The third kappa shape index (κ3) is 7.55. The maximum atomic E-state index is 13.7. The summed E-state index contributed by atoms with van der Waals surface area (Å²) in [6, 6.07) is 23.1. The number of sulfonamides is 1. The number of rotatable bonds is 10. The van der Waals surface area contributed by atoms with Crippen LogP contribution >= 0.6 is 35.6 Å². The Balaban J connectivity index is 1.41. The second-order valence-corrected chi connectivity index (χ2v) is 13.8. The van der Waals surface area contributed by atoms with Gasteiger partial charge in [-0.1, -0.05) is 90.2 Å². The monoisotopic (exact) mass is 708 g/mol. The SMILES string of the molecule is O=C(NS(=O)(=O)c1ccc(Cl)c([N+](=O)[O-])c1)[C@H](Cc1ccccc1)N1C(=O)/C(=C/c2ccc(-c3ccc([N+](=O)[O-])cc3)cc2)SC1=S. The minimum absolute atomic E-state index is 0.0272. The molecule has 4 aromatic carbocycles. The molecule has 0 bridgehead atoms. The number of amides is 2. The molecule has 2 amide bonds. The zero-order chi connectivity index (χ0) is 33.9. The quantitative estimate of drug-likeness (QED) is 0.0874. The molecule has 0 unspecified atom stereocenters. The van der Waals surface area contributed by atoms with Crippen LogP contribution in [0.1, 0.15) is 11.1 Å². The highest BCUT2D eigenvalue weighted by atomic mass is 35.5. The number of hydrogen-bond donors (Lipinski definition) is 1. The first kappa shape index (κ1) is 33.4. The third-order valence-electron chi connectivity index (χ3n) is 6.99. The standard InChI is InChI=1S/C31H21ClN4O8S3/c32-25-15-14-24(18-26(25)36(41)42)47(43,44)33-29(37)27(16-19-4-2-1-3-5-19)34-30(38)28(46-31(34)45)17-20-6-8-21(9-7-20)22-10-12-23(13-11-22)35(39)40/h1-15,17-18,27H,16H2,(H,33,37)/b28-17-/t27-/m0/s1. The van der Waals surface area contributed by atoms with Gasteiger partial charge in [-0.15, -0.1) is 0 Å². The summed E-state index contributed by atoms with van der Waals surface area (Å²) < 4.78 is 28.3. The molecule has 5 rings (SSSR count). The molecule has 0 spiro atoms. The van der Waals surface area contributed by atoms with Crippen molar-refractivity contribution in [3.05, 3.63) is 138 Å². The van der Waals surface area contributed by atoms with Crippen LogP contribution < -0.4 is 4.72 Å². The van der Waals surface area contributed by atoms with Crippen molar-refractivity contribution in [3.8, 4) is 11.1 Å². The number of halogens is 1. The number of carbonyl (C=O) groups is 2. The molecule has 1 heterocycles. The van der Waals surface area contributed by atoms with Crippen molar-refractivity contribution >= 4 is 79.2 Å². The van der Waals surface area contributed by atoms with Gasteiger partial charge in [0.25, 0.3) is 33.2 Å². The minimum Gasteiger partial charge on any atom is -0.280 e. The van der Waals surface area contributed by atoms with Gasteiger partial charge in [-0.25, -0.2) is 13.1 Å². The van der Waals surface area contributed by atoms with E-state index in [1.54, 1.807) is 72.8 Å². The maximum absolute atomic E-state index is 13.7. The van der Waals surface area contributed by atoms with Gasteiger partial charge in [-0.05, 0) is 52.6 Å². The summed E-state index contributed by atoms with van der Waals surface area (Å²) in [7, 11) is -4.63. The number of nitrogens with zero attached hydrogens (tertiary/aromatic N) is 3. The molecule has 47 heavy (non-hydrogen) atoms. The number of hydrogen-bond acceptors (Lipinski definition) is 10. The van der Waals surface area contributed by atoms with Crippen LogP contribution in [0.15, 0.2) is 107 Å². The molecule has 12 nitrogen and oxygen atoms in total. The smallest absolute Gasteiger partial charge is 0.280 e. The van der Waals surface area contributed by atoms with E-state index in [-0.39, 0.29) is 26.4 Å². The normalized spacial score (nSPS) is 14.7. The lowest BCUT2D eigenvalue weighted by atomic mass is 10.0. The Morgan fingerprint density at radius 1 is 0.936 bits per heavy atom. The van der Waals surface area contributed by atoms with Gasteiger partial charge < -0.3 is 0 Å². The molecule has 238 valence electrons. The van der Waals surface area contributed by atoms with Crippen LogP contribution in [0.25, 0.3) is 17.2 Å². The van der Waals surface area contributed by atoms with Crippen molar-refractivity contribution in [2.45, 2.75) is 17.4 Å². The lowest BCUT2D eigenvalue weighted by molar-refractivity contribution is -0.385. The molecule has 1 atom stereocenters. The summed E-state index contributed by atoms with van der Waals surface area (Å²) in [6.45, 7) is 0. The topological polar surface area (TPSA) is 170 Å². The molecule has 1 N–H and O–H groups in total. The van der Waals surface area contributed by atoms with E-state index in [1.165, 1.54) is 12.1 Å². The van der Waals surface area contributed by atoms with E-state index in [4.69, 9.17) is 23.8 Å². The predicted molar refractivity (Wildman–Crippen MR) is 181 cm³/mol. The number of benzene rings is 4. The van der Waals surface area contributed by atoms with Crippen molar-refractivity contribution in [3.63, 3.8) is 0 Å². The lowest BCUT2D eigenvalue weighted by Gasteiger charge is -2.26. The Bertz CT molecular complexity index is 2060. The number of nitrogens with one attached hydrogen (secondary N) is 1. The molecular weight excluding hydrogens is 688 g/mol. The van der Waals surface area contributed by atoms with Gasteiger partial charge in [0.1, 0.15) is 15.4 Å². The van der Waals surface area contributed by atoms with Crippen molar-refractivity contribution in [1.82, 2.24) is 9.62 Å². The summed E-state index contributed by atoms with van der Waals surface area (Å²) in [5.74, 6) is -1.69. The highest BCUT2D eigenvalue weighted by molar-refractivity contribution is 8.26.